The van der Waals surface area contributed by atoms with E-state index in [1.807, 2.05) is 0 Å². The van der Waals surface area contributed by atoms with Gasteiger partial charge in [0.15, 0.2) is 0 Å². The van der Waals surface area contributed by atoms with Gasteiger partial charge in [-0.15, -0.1) is 0 Å². The fraction of sp³-hybridized carbons (Fsp3) is 0.0625. The molecule has 2 aliphatic rings. The van der Waals surface area contributed by atoms with Crippen molar-refractivity contribution in [1.29, 1.82) is 0 Å². The topological polar surface area (TPSA) is 3.24 Å². The standard InChI is InChI=1S/C64H47N/c1-63(2)56-28-15-12-26-53(56)54-42-39-48(43-59(54)63)46-37-40-51(41-38-46)65(60-31-17-14-25-52(60)47-35-33-45(34-36-47)44-19-6-3-7-20-44)61-32-18-30-58-62(61)55-27-13-16-29-57(55)64(58,49-21-8-4-9-22-49)50-23-10-5-11-24-50/h3-43H,1-2H3. The lowest BCUT2D eigenvalue weighted by atomic mass is 9.68. The molecule has 308 valence electrons. The minimum atomic E-state index is -0.520. The first kappa shape index (κ1) is 38.7. The monoisotopic (exact) mass is 829 g/mol. The van der Waals surface area contributed by atoms with Gasteiger partial charge in [0.1, 0.15) is 0 Å². The van der Waals surface area contributed by atoms with Crippen molar-refractivity contribution in [3.8, 4) is 55.6 Å². The van der Waals surface area contributed by atoms with E-state index >= 15 is 0 Å². The molecule has 0 radical (unpaired) electrons. The zero-order chi connectivity index (χ0) is 43.5. The van der Waals surface area contributed by atoms with E-state index in [0.717, 1.165) is 22.6 Å². The summed E-state index contributed by atoms with van der Waals surface area (Å²) in [6, 6.07) is 92.0. The highest BCUT2D eigenvalue weighted by molar-refractivity contribution is 6.00. The summed E-state index contributed by atoms with van der Waals surface area (Å²) in [7, 11) is 0. The third-order valence-corrected chi connectivity index (χ3v) is 14.2. The van der Waals surface area contributed by atoms with E-state index in [0.29, 0.717) is 0 Å². The molecule has 0 saturated carbocycles. The first-order valence-corrected chi connectivity index (χ1v) is 22.8. The van der Waals surface area contributed by atoms with E-state index in [1.165, 1.54) is 83.5 Å². The molecule has 0 atom stereocenters. The molecule has 0 spiro atoms. The summed E-state index contributed by atoms with van der Waals surface area (Å²) >= 11 is 0. The number of fused-ring (bicyclic) bond motifs is 6. The van der Waals surface area contributed by atoms with Crippen molar-refractivity contribution >= 4 is 17.1 Å². The summed E-state index contributed by atoms with van der Waals surface area (Å²) in [6.07, 6.45) is 0. The molecule has 0 heterocycles. The lowest BCUT2D eigenvalue weighted by Crippen LogP contribution is -2.28. The first-order chi connectivity index (χ1) is 32.0. The predicted molar refractivity (Wildman–Crippen MR) is 272 cm³/mol. The van der Waals surface area contributed by atoms with Gasteiger partial charge < -0.3 is 4.90 Å². The van der Waals surface area contributed by atoms with Gasteiger partial charge in [-0.25, -0.2) is 0 Å². The summed E-state index contributed by atoms with van der Waals surface area (Å²) in [4.78, 5) is 2.51. The van der Waals surface area contributed by atoms with Crippen molar-refractivity contribution in [1.82, 2.24) is 0 Å². The summed E-state index contributed by atoms with van der Waals surface area (Å²) in [5, 5.41) is 0. The molecule has 0 saturated heterocycles. The van der Waals surface area contributed by atoms with Gasteiger partial charge in [-0.3, -0.25) is 0 Å². The predicted octanol–water partition coefficient (Wildman–Crippen LogP) is 16.8. The van der Waals surface area contributed by atoms with E-state index in [1.54, 1.807) is 0 Å². The minimum absolute atomic E-state index is 0.0691. The average Bonchev–Trinajstić information content (AvgIpc) is 3.81. The van der Waals surface area contributed by atoms with Gasteiger partial charge in [0, 0.05) is 22.2 Å². The molecule has 2 aliphatic carbocycles. The number of anilines is 3. The second-order valence-electron chi connectivity index (χ2n) is 18.0. The molecule has 0 bridgehead atoms. The van der Waals surface area contributed by atoms with Crippen LogP contribution in [0.25, 0.3) is 55.6 Å². The van der Waals surface area contributed by atoms with Crippen LogP contribution in [0.1, 0.15) is 47.2 Å². The van der Waals surface area contributed by atoms with Crippen molar-refractivity contribution in [3.63, 3.8) is 0 Å². The summed E-state index contributed by atoms with van der Waals surface area (Å²) in [6.45, 7) is 4.71. The number of hydrogen-bond donors (Lipinski definition) is 0. The number of nitrogens with zero attached hydrogens (tertiary/aromatic N) is 1. The van der Waals surface area contributed by atoms with Crippen LogP contribution in [0.4, 0.5) is 17.1 Å². The third-order valence-electron chi connectivity index (χ3n) is 14.2. The smallest absolute Gasteiger partial charge is 0.0714 e. The Balaban J connectivity index is 1.06. The lowest BCUT2D eigenvalue weighted by molar-refractivity contribution is 0.660. The van der Waals surface area contributed by atoms with Crippen LogP contribution < -0.4 is 4.90 Å². The number of rotatable bonds is 8. The SMILES string of the molecule is CC1(C)c2ccccc2-c2ccc(-c3ccc(N(c4ccccc4-c4ccc(-c5ccccc5)cc4)c4cccc5c4-c4ccccc4C5(c4ccccc4)c4ccccc4)cc3)cc21. The molecule has 0 fully saturated rings. The minimum Gasteiger partial charge on any atom is -0.309 e. The van der Waals surface area contributed by atoms with Gasteiger partial charge in [0.25, 0.3) is 0 Å². The fourth-order valence-corrected chi connectivity index (χ4v) is 11.1. The van der Waals surface area contributed by atoms with E-state index in [2.05, 4.69) is 267 Å². The number of para-hydroxylation sites is 1. The Morgan fingerprint density at radius 2 is 0.754 bits per heavy atom. The normalized spacial score (nSPS) is 13.6. The average molecular weight is 830 g/mol. The highest BCUT2D eigenvalue weighted by Gasteiger charge is 2.47. The molecular formula is C64H47N. The van der Waals surface area contributed by atoms with Crippen LogP contribution in [-0.4, -0.2) is 0 Å². The van der Waals surface area contributed by atoms with Crippen LogP contribution in [0.3, 0.4) is 0 Å². The van der Waals surface area contributed by atoms with E-state index in [-0.39, 0.29) is 5.41 Å². The largest absolute Gasteiger partial charge is 0.309 e. The van der Waals surface area contributed by atoms with Crippen molar-refractivity contribution in [3.05, 3.63) is 282 Å². The zero-order valence-electron chi connectivity index (χ0n) is 36.6. The Morgan fingerprint density at radius 1 is 0.292 bits per heavy atom. The Labute approximate surface area is 382 Å². The van der Waals surface area contributed by atoms with Gasteiger partial charge in [0.2, 0.25) is 0 Å². The quantitative estimate of drug-likeness (QED) is 0.147. The molecule has 0 amide bonds. The lowest BCUT2D eigenvalue weighted by Gasteiger charge is -2.34. The second kappa shape index (κ2) is 15.4. The summed E-state index contributed by atoms with van der Waals surface area (Å²) in [5.74, 6) is 0. The van der Waals surface area contributed by atoms with Crippen LogP contribution in [0.5, 0.6) is 0 Å². The highest BCUT2D eigenvalue weighted by atomic mass is 15.1. The number of hydrogen-bond acceptors (Lipinski definition) is 1. The van der Waals surface area contributed by atoms with Gasteiger partial charge in [-0.2, -0.15) is 0 Å². The van der Waals surface area contributed by atoms with Gasteiger partial charge in [0.05, 0.1) is 16.8 Å². The van der Waals surface area contributed by atoms with E-state index < -0.39 is 5.41 Å². The number of benzene rings is 10. The van der Waals surface area contributed by atoms with E-state index in [4.69, 9.17) is 0 Å². The Hall–Kier alpha value is -8.00. The van der Waals surface area contributed by atoms with Crippen LogP contribution in [0.15, 0.2) is 249 Å². The van der Waals surface area contributed by atoms with Crippen molar-refractivity contribution in [2.75, 3.05) is 4.90 Å². The van der Waals surface area contributed by atoms with Gasteiger partial charge in [-0.1, -0.05) is 232 Å². The maximum Gasteiger partial charge on any atom is 0.0714 e. The maximum absolute atomic E-state index is 2.51. The highest BCUT2D eigenvalue weighted by Crippen LogP contribution is 2.60. The van der Waals surface area contributed by atoms with Crippen molar-refractivity contribution in [2.45, 2.75) is 24.7 Å². The molecule has 10 aromatic carbocycles. The molecule has 65 heavy (non-hydrogen) atoms. The fourth-order valence-electron chi connectivity index (χ4n) is 11.1. The molecule has 0 N–H and O–H groups in total. The molecule has 0 unspecified atom stereocenters. The summed E-state index contributed by atoms with van der Waals surface area (Å²) < 4.78 is 0. The van der Waals surface area contributed by atoms with Crippen LogP contribution in [-0.2, 0) is 10.8 Å². The van der Waals surface area contributed by atoms with Gasteiger partial charge in [-0.05, 0) is 108 Å². The molecular weight excluding hydrogens is 783 g/mol. The molecule has 1 nitrogen and oxygen atoms in total. The van der Waals surface area contributed by atoms with E-state index in [9.17, 15) is 0 Å². The Bertz CT molecular complexity index is 3320. The Morgan fingerprint density at radius 3 is 1.45 bits per heavy atom. The van der Waals surface area contributed by atoms with Crippen molar-refractivity contribution < 1.29 is 0 Å². The molecule has 12 rings (SSSR count). The van der Waals surface area contributed by atoms with Crippen LogP contribution >= 0.6 is 0 Å². The van der Waals surface area contributed by atoms with Gasteiger partial charge >= 0.3 is 0 Å². The molecule has 10 aromatic rings. The molecule has 0 aliphatic heterocycles. The first-order valence-electron chi connectivity index (χ1n) is 22.8. The summed E-state index contributed by atoms with van der Waals surface area (Å²) in [5.41, 5.74) is 23.0. The van der Waals surface area contributed by atoms with Crippen LogP contribution in [0, 0.1) is 0 Å². The third kappa shape index (κ3) is 6.07. The maximum atomic E-state index is 2.51. The molecule has 1 heteroatoms. The second-order valence-corrected chi connectivity index (χ2v) is 18.0. The Kier molecular flexibility index (Phi) is 9.14. The van der Waals surface area contributed by atoms with Crippen molar-refractivity contribution in [2.24, 2.45) is 0 Å². The molecule has 0 aromatic heterocycles. The zero-order valence-corrected chi connectivity index (χ0v) is 36.6. The van der Waals surface area contributed by atoms with Crippen LogP contribution in [0.2, 0.25) is 0 Å².